The fourth-order valence-electron chi connectivity index (χ4n) is 1.87. The summed E-state index contributed by atoms with van der Waals surface area (Å²) in [5.74, 6) is 0.969. The highest BCUT2D eigenvalue weighted by Gasteiger charge is 2.07. The molecule has 19 heavy (non-hydrogen) atoms. The molecule has 4 nitrogen and oxygen atoms in total. The molecule has 1 aromatic heterocycles. The zero-order chi connectivity index (χ0) is 13.7. The summed E-state index contributed by atoms with van der Waals surface area (Å²) in [5, 5.41) is 11.5. The van der Waals surface area contributed by atoms with E-state index in [0.29, 0.717) is 11.8 Å². The fraction of sp³-hybridized carbons (Fsp3) is 0.357. The Bertz CT molecular complexity index is 557. The normalized spacial score (nSPS) is 10.5. The van der Waals surface area contributed by atoms with Crippen LogP contribution in [0, 0.1) is 0 Å². The number of aryl methyl sites for hydroxylation is 2. The first-order valence-corrected chi connectivity index (χ1v) is 6.95. The summed E-state index contributed by atoms with van der Waals surface area (Å²) in [5.41, 5.74) is 3.89. The number of para-hydroxylation sites is 1. The van der Waals surface area contributed by atoms with Gasteiger partial charge in [0.1, 0.15) is 0 Å². The molecule has 0 fully saturated rings. The van der Waals surface area contributed by atoms with Crippen LogP contribution < -0.4 is 5.32 Å². The minimum atomic E-state index is 0.449. The highest BCUT2D eigenvalue weighted by Crippen LogP contribution is 2.20. The third-order valence-corrected chi connectivity index (χ3v) is 3.20. The lowest BCUT2D eigenvalue weighted by atomic mass is 10.2. The van der Waals surface area contributed by atoms with Gasteiger partial charge < -0.3 is 5.32 Å². The minimum absolute atomic E-state index is 0.449. The Kier molecular flexibility index (Phi) is 4.68. The lowest BCUT2D eigenvalue weighted by Crippen LogP contribution is -2.07. The van der Waals surface area contributed by atoms with Gasteiger partial charge in [-0.2, -0.15) is 0 Å². The molecule has 0 unspecified atom stereocenters. The predicted molar refractivity (Wildman–Crippen MR) is 77.9 cm³/mol. The summed E-state index contributed by atoms with van der Waals surface area (Å²) in [6.07, 6.45) is 1.70. The Hall–Kier alpha value is -1.68. The molecule has 1 aromatic carbocycles. The number of alkyl halides is 1. The number of anilines is 2. The first-order valence-electron chi connectivity index (χ1n) is 6.41. The van der Waals surface area contributed by atoms with Crippen molar-refractivity contribution in [2.24, 2.45) is 0 Å². The number of rotatable bonds is 5. The molecule has 0 atom stereocenters. The SMILES string of the molecule is CCc1nnc(Nc2ccccc2CCl)nc1CC. The van der Waals surface area contributed by atoms with Gasteiger partial charge in [0.15, 0.2) is 0 Å². The van der Waals surface area contributed by atoms with Gasteiger partial charge >= 0.3 is 0 Å². The van der Waals surface area contributed by atoms with E-state index >= 15 is 0 Å². The molecule has 0 radical (unpaired) electrons. The largest absolute Gasteiger partial charge is 0.323 e. The van der Waals surface area contributed by atoms with Crippen LogP contribution in [0.15, 0.2) is 24.3 Å². The molecule has 2 rings (SSSR count). The maximum absolute atomic E-state index is 5.91. The van der Waals surface area contributed by atoms with Crippen LogP contribution in [0.3, 0.4) is 0 Å². The number of nitrogens with zero attached hydrogens (tertiary/aromatic N) is 3. The van der Waals surface area contributed by atoms with Crippen molar-refractivity contribution in [2.45, 2.75) is 32.6 Å². The van der Waals surface area contributed by atoms with Gasteiger partial charge in [-0.3, -0.25) is 0 Å². The first-order chi connectivity index (χ1) is 9.28. The van der Waals surface area contributed by atoms with E-state index in [0.717, 1.165) is 35.5 Å². The van der Waals surface area contributed by atoms with Crippen molar-refractivity contribution in [3.63, 3.8) is 0 Å². The third kappa shape index (κ3) is 3.20. The van der Waals surface area contributed by atoms with Gasteiger partial charge in [-0.25, -0.2) is 4.98 Å². The van der Waals surface area contributed by atoms with E-state index in [1.165, 1.54) is 0 Å². The number of aromatic nitrogens is 3. The van der Waals surface area contributed by atoms with Crippen molar-refractivity contribution in [1.82, 2.24) is 15.2 Å². The van der Waals surface area contributed by atoms with Crippen LogP contribution in [0.25, 0.3) is 0 Å². The molecule has 0 aliphatic rings. The van der Waals surface area contributed by atoms with E-state index in [-0.39, 0.29) is 0 Å². The van der Waals surface area contributed by atoms with E-state index in [1.807, 2.05) is 24.3 Å². The zero-order valence-corrected chi connectivity index (χ0v) is 11.9. The highest BCUT2D eigenvalue weighted by molar-refractivity contribution is 6.17. The summed E-state index contributed by atoms with van der Waals surface area (Å²) in [6, 6.07) is 7.84. The van der Waals surface area contributed by atoms with E-state index in [9.17, 15) is 0 Å². The monoisotopic (exact) mass is 276 g/mol. The van der Waals surface area contributed by atoms with Gasteiger partial charge in [-0.15, -0.1) is 21.8 Å². The van der Waals surface area contributed by atoms with E-state index in [4.69, 9.17) is 11.6 Å². The maximum atomic E-state index is 5.91. The summed E-state index contributed by atoms with van der Waals surface area (Å²) >= 11 is 5.91. The summed E-state index contributed by atoms with van der Waals surface area (Å²) in [6.45, 7) is 4.13. The maximum Gasteiger partial charge on any atom is 0.247 e. The number of nitrogens with one attached hydrogen (secondary N) is 1. The number of hydrogen-bond donors (Lipinski definition) is 1. The first kappa shape index (κ1) is 13.7. The van der Waals surface area contributed by atoms with Crippen LogP contribution in [-0.2, 0) is 18.7 Å². The zero-order valence-electron chi connectivity index (χ0n) is 11.2. The molecule has 0 spiro atoms. The summed E-state index contributed by atoms with van der Waals surface area (Å²) in [4.78, 5) is 4.50. The van der Waals surface area contributed by atoms with Gasteiger partial charge in [0.25, 0.3) is 0 Å². The standard InChI is InChI=1S/C14H17ClN4/c1-3-11-12(4-2)18-19-14(16-11)17-13-8-6-5-7-10(13)9-15/h5-8H,3-4,9H2,1-2H3,(H,16,17,19). The van der Waals surface area contributed by atoms with Gasteiger partial charge in [0.2, 0.25) is 5.95 Å². The van der Waals surface area contributed by atoms with E-state index in [1.54, 1.807) is 0 Å². The van der Waals surface area contributed by atoms with Gasteiger partial charge in [-0.1, -0.05) is 32.0 Å². The van der Waals surface area contributed by atoms with Gasteiger partial charge in [-0.05, 0) is 24.5 Å². The topological polar surface area (TPSA) is 50.7 Å². The number of benzene rings is 1. The Balaban J connectivity index is 2.28. The molecule has 5 heteroatoms. The molecule has 0 aliphatic carbocycles. The van der Waals surface area contributed by atoms with Gasteiger partial charge in [0, 0.05) is 11.6 Å². The second-order valence-electron chi connectivity index (χ2n) is 4.15. The molecule has 0 bridgehead atoms. The second-order valence-corrected chi connectivity index (χ2v) is 4.42. The molecule has 0 aliphatic heterocycles. The fourth-order valence-corrected chi connectivity index (χ4v) is 2.10. The minimum Gasteiger partial charge on any atom is -0.323 e. The Morgan fingerprint density at radius 1 is 1.05 bits per heavy atom. The van der Waals surface area contributed by atoms with Crippen molar-refractivity contribution in [3.8, 4) is 0 Å². The van der Waals surface area contributed by atoms with Gasteiger partial charge in [0.05, 0.1) is 11.4 Å². The average Bonchev–Trinajstić information content (AvgIpc) is 2.47. The lowest BCUT2D eigenvalue weighted by molar-refractivity contribution is 0.829. The molecular formula is C14H17ClN4. The van der Waals surface area contributed by atoms with Crippen LogP contribution >= 0.6 is 11.6 Å². The van der Waals surface area contributed by atoms with Crippen LogP contribution in [0.5, 0.6) is 0 Å². The van der Waals surface area contributed by atoms with Crippen LogP contribution in [-0.4, -0.2) is 15.2 Å². The molecule has 0 saturated heterocycles. The van der Waals surface area contributed by atoms with E-state index < -0.39 is 0 Å². The van der Waals surface area contributed by atoms with Crippen LogP contribution in [0.1, 0.15) is 30.8 Å². The number of halogens is 1. The summed E-state index contributed by atoms with van der Waals surface area (Å²) < 4.78 is 0. The smallest absolute Gasteiger partial charge is 0.247 e. The van der Waals surface area contributed by atoms with Crippen LogP contribution in [0.4, 0.5) is 11.6 Å². The third-order valence-electron chi connectivity index (χ3n) is 2.92. The van der Waals surface area contributed by atoms with Crippen molar-refractivity contribution in [3.05, 3.63) is 41.2 Å². The average molecular weight is 277 g/mol. The van der Waals surface area contributed by atoms with E-state index in [2.05, 4.69) is 34.3 Å². The Labute approximate surface area is 118 Å². The lowest BCUT2D eigenvalue weighted by Gasteiger charge is -2.10. The molecule has 100 valence electrons. The Morgan fingerprint density at radius 3 is 2.47 bits per heavy atom. The molecule has 1 heterocycles. The van der Waals surface area contributed by atoms with Crippen molar-refractivity contribution in [2.75, 3.05) is 5.32 Å². The predicted octanol–water partition coefficient (Wildman–Crippen LogP) is 3.48. The van der Waals surface area contributed by atoms with Crippen molar-refractivity contribution < 1.29 is 0 Å². The van der Waals surface area contributed by atoms with Crippen molar-refractivity contribution >= 4 is 23.2 Å². The molecule has 0 saturated carbocycles. The molecule has 2 aromatic rings. The summed E-state index contributed by atoms with van der Waals surface area (Å²) in [7, 11) is 0. The second kappa shape index (κ2) is 6.48. The quantitative estimate of drug-likeness (QED) is 0.850. The highest BCUT2D eigenvalue weighted by atomic mass is 35.5. The van der Waals surface area contributed by atoms with Crippen molar-refractivity contribution in [1.29, 1.82) is 0 Å². The Morgan fingerprint density at radius 2 is 1.79 bits per heavy atom. The van der Waals surface area contributed by atoms with Crippen LogP contribution in [0.2, 0.25) is 0 Å². The molecule has 0 amide bonds. The molecule has 1 N–H and O–H groups in total. The number of hydrogen-bond acceptors (Lipinski definition) is 4. The molecular weight excluding hydrogens is 260 g/mol.